The SMILES string of the molecule is CCOC(=O)c1c(-c2ccc(C)cc2)csc1NC(=O)CC(c1ccccc1)c1ccccc1. The third kappa shape index (κ3) is 5.43. The van der Waals surface area contributed by atoms with Gasteiger partial charge in [-0.25, -0.2) is 4.79 Å². The van der Waals surface area contributed by atoms with Gasteiger partial charge in [-0.1, -0.05) is 90.5 Å². The van der Waals surface area contributed by atoms with Gasteiger partial charge in [0.15, 0.2) is 0 Å². The minimum atomic E-state index is -0.433. The number of aryl methyl sites for hydroxylation is 1. The van der Waals surface area contributed by atoms with E-state index < -0.39 is 5.97 Å². The summed E-state index contributed by atoms with van der Waals surface area (Å²) in [4.78, 5) is 26.1. The maximum atomic E-state index is 13.2. The second kappa shape index (κ2) is 10.9. The second-order valence-electron chi connectivity index (χ2n) is 8.07. The Hall–Kier alpha value is -3.70. The van der Waals surface area contributed by atoms with E-state index in [0.29, 0.717) is 10.6 Å². The van der Waals surface area contributed by atoms with Crippen molar-refractivity contribution in [1.82, 2.24) is 0 Å². The number of rotatable bonds is 8. The predicted molar refractivity (Wildman–Crippen MR) is 138 cm³/mol. The van der Waals surface area contributed by atoms with Gasteiger partial charge in [-0.3, -0.25) is 4.79 Å². The van der Waals surface area contributed by atoms with Crippen LogP contribution in [0.5, 0.6) is 0 Å². The van der Waals surface area contributed by atoms with E-state index in [1.807, 2.05) is 97.2 Å². The normalized spacial score (nSPS) is 10.8. The van der Waals surface area contributed by atoms with Crippen molar-refractivity contribution < 1.29 is 14.3 Å². The fraction of sp³-hybridized carbons (Fsp3) is 0.172. The summed E-state index contributed by atoms with van der Waals surface area (Å²) in [6.45, 7) is 4.06. The Balaban J connectivity index is 1.63. The molecule has 0 saturated carbocycles. The zero-order valence-corrected chi connectivity index (χ0v) is 20.1. The number of carbonyl (C=O) groups is 2. The molecule has 4 rings (SSSR count). The number of carbonyl (C=O) groups excluding carboxylic acids is 2. The molecule has 0 unspecified atom stereocenters. The maximum Gasteiger partial charge on any atom is 0.341 e. The van der Waals surface area contributed by atoms with E-state index in [0.717, 1.165) is 27.8 Å². The molecule has 0 aliphatic carbocycles. The van der Waals surface area contributed by atoms with Crippen molar-refractivity contribution in [2.75, 3.05) is 11.9 Å². The molecule has 1 heterocycles. The van der Waals surface area contributed by atoms with Crippen LogP contribution in [0.4, 0.5) is 5.00 Å². The van der Waals surface area contributed by atoms with Crippen LogP contribution in [0.15, 0.2) is 90.3 Å². The first-order chi connectivity index (χ1) is 16.6. The molecule has 0 spiro atoms. The topological polar surface area (TPSA) is 55.4 Å². The number of benzene rings is 3. The summed E-state index contributed by atoms with van der Waals surface area (Å²) in [5.74, 6) is -0.678. The molecule has 0 atom stereocenters. The second-order valence-corrected chi connectivity index (χ2v) is 8.95. The van der Waals surface area contributed by atoms with Crippen LogP contribution in [0.1, 0.15) is 46.3 Å². The molecule has 1 aromatic heterocycles. The largest absolute Gasteiger partial charge is 0.462 e. The first kappa shape index (κ1) is 23.5. The standard InChI is InChI=1S/C29H27NO3S/c1-3-33-29(32)27-25(23-16-14-20(2)15-17-23)19-34-28(27)30-26(31)18-24(21-10-6-4-7-11-21)22-12-8-5-9-13-22/h4-17,19,24H,3,18H2,1-2H3,(H,30,31). The number of amides is 1. The van der Waals surface area contributed by atoms with Gasteiger partial charge in [0.25, 0.3) is 0 Å². The van der Waals surface area contributed by atoms with Gasteiger partial charge in [0.05, 0.1) is 6.61 Å². The lowest BCUT2D eigenvalue weighted by Crippen LogP contribution is -2.18. The number of hydrogen-bond donors (Lipinski definition) is 1. The molecule has 5 heteroatoms. The van der Waals surface area contributed by atoms with Crippen LogP contribution in [0.25, 0.3) is 11.1 Å². The molecule has 4 aromatic rings. The molecule has 0 bridgehead atoms. The quantitative estimate of drug-likeness (QED) is 0.281. The summed E-state index contributed by atoms with van der Waals surface area (Å²) in [6.07, 6.45) is 0.258. The van der Waals surface area contributed by atoms with Gasteiger partial charge in [-0.05, 0) is 30.5 Å². The van der Waals surface area contributed by atoms with Crippen molar-refractivity contribution in [1.29, 1.82) is 0 Å². The van der Waals surface area contributed by atoms with Gasteiger partial charge in [-0.2, -0.15) is 0 Å². The number of ether oxygens (including phenoxy) is 1. The van der Waals surface area contributed by atoms with Crippen molar-refractivity contribution in [3.05, 3.63) is 113 Å². The van der Waals surface area contributed by atoms with Crippen LogP contribution >= 0.6 is 11.3 Å². The van der Waals surface area contributed by atoms with Gasteiger partial charge >= 0.3 is 5.97 Å². The van der Waals surface area contributed by atoms with Gasteiger partial charge < -0.3 is 10.1 Å². The first-order valence-electron chi connectivity index (χ1n) is 11.3. The Morgan fingerprint density at radius 1 is 0.882 bits per heavy atom. The Kier molecular flexibility index (Phi) is 7.55. The van der Waals surface area contributed by atoms with E-state index in [4.69, 9.17) is 4.74 Å². The Labute approximate surface area is 204 Å². The van der Waals surface area contributed by atoms with Gasteiger partial charge in [0, 0.05) is 23.3 Å². The van der Waals surface area contributed by atoms with Crippen LogP contribution in [0, 0.1) is 6.92 Å². The summed E-state index contributed by atoms with van der Waals surface area (Å²) in [7, 11) is 0. The third-order valence-corrected chi connectivity index (χ3v) is 6.57. The smallest absolute Gasteiger partial charge is 0.341 e. The summed E-state index contributed by atoms with van der Waals surface area (Å²) < 4.78 is 5.33. The third-order valence-electron chi connectivity index (χ3n) is 5.68. The molecule has 0 radical (unpaired) electrons. The first-order valence-corrected chi connectivity index (χ1v) is 12.2. The molecule has 3 aromatic carbocycles. The van der Waals surface area contributed by atoms with Crippen molar-refractivity contribution >= 4 is 28.2 Å². The van der Waals surface area contributed by atoms with Gasteiger partial charge in [0.2, 0.25) is 5.91 Å². The van der Waals surface area contributed by atoms with Crippen molar-refractivity contribution in [2.45, 2.75) is 26.2 Å². The lowest BCUT2D eigenvalue weighted by molar-refractivity contribution is -0.116. The number of thiophene rings is 1. The lowest BCUT2D eigenvalue weighted by Gasteiger charge is -2.18. The van der Waals surface area contributed by atoms with Crippen molar-refractivity contribution in [2.24, 2.45) is 0 Å². The molecule has 0 aliphatic rings. The summed E-state index contributed by atoms with van der Waals surface area (Å²) in [6, 6.07) is 28.0. The van der Waals surface area contributed by atoms with Crippen LogP contribution in [-0.4, -0.2) is 18.5 Å². The minimum Gasteiger partial charge on any atom is -0.462 e. The summed E-state index contributed by atoms with van der Waals surface area (Å²) in [5, 5.41) is 5.41. The molecule has 0 aliphatic heterocycles. The molecular weight excluding hydrogens is 442 g/mol. The highest BCUT2D eigenvalue weighted by molar-refractivity contribution is 7.15. The lowest BCUT2D eigenvalue weighted by atomic mass is 9.88. The zero-order chi connectivity index (χ0) is 23.9. The highest BCUT2D eigenvalue weighted by Gasteiger charge is 2.24. The van der Waals surface area contributed by atoms with Crippen LogP contribution < -0.4 is 5.32 Å². The Morgan fingerprint density at radius 2 is 1.47 bits per heavy atom. The van der Waals surface area contributed by atoms with E-state index in [2.05, 4.69) is 5.32 Å². The fourth-order valence-corrected chi connectivity index (χ4v) is 4.94. The van der Waals surface area contributed by atoms with Crippen LogP contribution in [0.2, 0.25) is 0 Å². The predicted octanol–water partition coefficient (Wildman–Crippen LogP) is 7.06. The minimum absolute atomic E-state index is 0.0926. The van der Waals surface area contributed by atoms with Gasteiger partial charge in [-0.15, -0.1) is 11.3 Å². The molecule has 4 nitrogen and oxygen atoms in total. The summed E-state index contributed by atoms with van der Waals surface area (Å²) in [5.41, 5.74) is 5.36. The number of anilines is 1. The van der Waals surface area contributed by atoms with Crippen LogP contribution in [0.3, 0.4) is 0 Å². The average Bonchev–Trinajstić information content (AvgIpc) is 3.27. The summed E-state index contributed by atoms with van der Waals surface area (Å²) >= 11 is 1.34. The van der Waals surface area contributed by atoms with E-state index in [1.54, 1.807) is 6.92 Å². The molecule has 1 N–H and O–H groups in total. The zero-order valence-electron chi connectivity index (χ0n) is 19.3. The van der Waals surface area contributed by atoms with E-state index in [-0.39, 0.29) is 24.9 Å². The van der Waals surface area contributed by atoms with Gasteiger partial charge in [0.1, 0.15) is 10.6 Å². The van der Waals surface area contributed by atoms with Crippen molar-refractivity contribution in [3.8, 4) is 11.1 Å². The molecule has 0 fully saturated rings. The molecule has 1 amide bonds. The number of esters is 1. The highest BCUT2D eigenvalue weighted by Crippen LogP contribution is 2.37. The fourth-order valence-electron chi connectivity index (χ4n) is 3.96. The maximum absolute atomic E-state index is 13.2. The Morgan fingerprint density at radius 3 is 2.03 bits per heavy atom. The highest BCUT2D eigenvalue weighted by atomic mass is 32.1. The Bertz CT molecular complexity index is 1210. The molecule has 34 heavy (non-hydrogen) atoms. The van der Waals surface area contributed by atoms with E-state index in [9.17, 15) is 9.59 Å². The number of nitrogens with one attached hydrogen (secondary N) is 1. The average molecular weight is 470 g/mol. The molecule has 0 saturated heterocycles. The van der Waals surface area contributed by atoms with Crippen LogP contribution in [-0.2, 0) is 9.53 Å². The molecule has 172 valence electrons. The monoisotopic (exact) mass is 469 g/mol. The van der Waals surface area contributed by atoms with Crippen molar-refractivity contribution in [3.63, 3.8) is 0 Å². The molecular formula is C29H27NO3S. The number of hydrogen-bond acceptors (Lipinski definition) is 4. The van der Waals surface area contributed by atoms with E-state index >= 15 is 0 Å². The van der Waals surface area contributed by atoms with E-state index in [1.165, 1.54) is 11.3 Å².